The van der Waals surface area contributed by atoms with Crippen molar-refractivity contribution in [3.8, 4) is 0 Å². The van der Waals surface area contributed by atoms with Gasteiger partial charge in [-0.2, -0.15) is 0 Å². The third-order valence-corrected chi connectivity index (χ3v) is 2.88. The molecule has 0 bridgehead atoms. The zero-order chi connectivity index (χ0) is 10.1. The van der Waals surface area contributed by atoms with Crippen molar-refractivity contribution in [2.24, 2.45) is 0 Å². The molecule has 0 saturated carbocycles. The number of nitrogens with one attached hydrogen (secondary N) is 1. The van der Waals surface area contributed by atoms with Crippen molar-refractivity contribution in [3.05, 3.63) is 34.9 Å². The lowest BCUT2D eigenvalue weighted by molar-refractivity contribution is -0.119. The second kappa shape index (κ2) is 3.45. The van der Waals surface area contributed by atoms with Gasteiger partial charge < -0.3 is 5.32 Å². The monoisotopic (exact) mass is 189 g/mol. The normalized spacial score (nSPS) is 19.1. The van der Waals surface area contributed by atoms with Crippen LogP contribution in [0.4, 0.5) is 0 Å². The number of hydrogen-bond acceptors (Lipinski definition) is 1. The number of aryl methyl sites for hydroxylation is 1. The molecule has 0 spiro atoms. The molecule has 74 valence electrons. The van der Waals surface area contributed by atoms with Gasteiger partial charge >= 0.3 is 0 Å². The molecule has 0 aliphatic heterocycles. The molecule has 1 aromatic carbocycles. The van der Waals surface area contributed by atoms with Gasteiger partial charge in [-0.05, 0) is 36.5 Å². The molecule has 1 aromatic rings. The number of carbonyl (C=O) groups is 1. The Bertz CT molecular complexity index is 371. The average molecular weight is 189 g/mol. The van der Waals surface area contributed by atoms with Crippen LogP contribution in [0.2, 0.25) is 0 Å². The molecule has 0 heterocycles. The Morgan fingerprint density at radius 3 is 3.00 bits per heavy atom. The van der Waals surface area contributed by atoms with Gasteiger partial charge in [0.1, 0.15) is 0 Å². The molecule has 1 aliphatic rings. The summed E-state index contributed by atoms with van der Waals surface area (Å²) >= 11 is 0. The lowest BCUT2D eigenvalue weighted by Gasteiger charge is -2.12. The van der Waals surface area contributed by atoms with Gasteiger partial charge in [0, 0.05) is 6.92 Å². The van der Waals surface area contributed by atoms with Gasteiger partial charge in [0.2, 0.25) is 5.91 Å². The highest BCUT2D eigenvalue weighted by Crippen LogP contribution is 2.32. The zero-order valence-electron chi connectivity index (χ0n) is 8.63. The summed E-state index contributed by atoms with van der Waals surface area (Å²) in [6.45, 7) is 3.71. The highest BCUT2D eigenvalue weighted by atomic mass is 16.1. The van der Waals surface area contributed by atoms with E-state index in [2.05, 4.69) is 30.4 Å². The number of fused-ring (bicyclic) bond motifs is 1. The Labute approximate surface area is 84.3 Å². The molecule has 1 N–H and O–H groups in total. The van der Waals surface area contributed by atoms with Crippen LogP contribution in [0.3, 0.4) is 0 Å². The number of rotatable bonds is 1. The molecule has 1 amide bonds. The van der Waals surface area contributed by atoms with Crippen molar-refractivity contribution >= 4 is 5.91 Å². The minimum Gasteiger partial charge on any atom is -0.350 e. The molecule has 2 rings (SSSR count). The van der Waals surface area contributed by atoms with Crippen LogP contribution in [0.5, 0.6) is 0 Å². The summed E-state index contributed by atoms with van der Waals surface area (Å²) in [7, 11) is 0. The molecule has 2 nitrogen and oxygen atoms in total. The third kappa shape index (κ3) is 1.52. The molecular weight excluding hydrogens is 174 g/mol. The maximum atomic E-state index is 11.0. The maximum absolute atomic E-state index is 11.0. The lowest BCUT2D eigenvalue weighted by Crippen LogP contribution is -2.24. The third-order valence-electron chi connectivity index (χ3n) is 2.88. The van der Waals surface area contributed by atoms with E-state index >= 15 is 0 Å². The molecule has 1 unspecified atom stereocenters. The predicted octanol–water partition coefficient (Wildman–Crippen LogP) is 2.12. The van der Waals surface area contributed by atoms with Crippen LogP contribution in [-0.4, -0.2) is 5.91 Å². The van der Waals surface area contributed by atoms with Gasteiger partial charge in [-0.1, -0.05) is 18.2 Å². The van der Waals surface area contributed by atoms with Crippen molar-refractivity contribution < 1.29 is 4.79 Å². The molecule has 0 radical (unpaired) electrons. The van der Waals surface area contributed by atoms with Gasteiger partial charge in [-0.3, -0.25) is 4.79 Å². The van der Waals surface area contributed by atoms with Gasteiger partial charge in [0.15, 0.2) is 0 Å². The number of amides is 1. The van der Waals surface area contributed by atoms with E-state index in [0.717, 1.165) is 12.8 Å². The smallest absolute Gasteiger partial charge is 0.217 e. The maximum Gasteiger partial charge on any atom is 0.217 e. The van der Waals surface area contributed by atoms with Gasteiger partial charge in [0.25, 0.3) is 0 Å². The second-order valence-corrected chi connectivity index (χ2v) is 3.93. The fourth-order valence-electron chi connectivity index (χ4n) is 2.23. The quantitative estimate of drug-likeness (QED) is 0.720. The van der Waals surface area contributed by atoms with E-state index in [-0.39, 0.29) is 11.9 Å². The topological polar surface area (TPSA) is 29.1 Å². The molecule has 0 saturated heterocycles. The molecule has 14 heavy (non-hydrogen) atoms. The Morgan fingerprint density at radius 1 is 1.50 bits per heavy atom. The first-order valence-electron chi connectivity index (χ1n) is 5.04. The van der Waals surface area contributed by atoms with Crippen LogP contribution >= 0.6 is 0 Å². The van der Waals surface area contributed by atoms with Crippen molar-refractivity contribution in [1.29, 1.82) is 0 Å². The van der Waals surface area contributed by atoms with E-state index in [1.807, 2.05) is 0 Å². The van der Waals surface area contributed by atoms with Crippen LogP contribution in [0, 0.1) is 6.92 Å². The fourth-order valence-corrected chi connectivity index (χ4v) is 2.23. The summed E-state index contributed by atoms with van der Waals surface area (Å²) in [5.74, 6) is 0.0596. The second-order valence-electron chi connectivity index (χ2n) is 3.93. The first-order valence-corrected chi connectivity index (χ1v) is 5.04. The van der Waals surface area contributed by atoms with E-state index in [4.69, 9.17) is 0 Å². The van der Waals surface area contributed by atoms with Crippen LogP contribution < -0.4 is 5.32 Å². The first-order chi connectivity index (χ1) is 6.68. The van der Waals surface area contributed by atoms with Crippen LogP contribution in [-0.2, 0) is 11.2 Å². The number of benzene rings is 1. The van der Waals surface area contributed by atoms with E-state index in [0.29, 0.717) is 0 Å². The van der Waals surface area contributed by atoms with E-state index in [1.165, 1.54) is 16.7 Å². The Morgan fingerprint density at radius 2 is 2.29 bits per heavy atom. The Kier molecular flexibility index (Phi) is 2.28. The fraction of sp³-hybridized carbons (Fsp3) is 0.417. The number of carbonyl (C=O) groups excluding carboxylic acids is 1. The predicted molar refractivity (Wildman–Crippen MR) is 56.1 cm³/mol. The number of hydrogen-bond donors (Lipinski definition) is 1. The van der Waals surface area contributed by atoms with Crippen LogP contribution in [0.15, 0.2) is 18.2 Å². The lowest BCUT2D eigenvalue weighted by atomic mass is 10.0. The molecule has 2 heteroatoms. The molecule has 0 fully saturated rings. The largest absolute Gasteiger partial charge is 0.350 e. The summed E-state index contributed by atoms with van der Waals surface area (Å²) in [6, 6.07) is 6.56. The summed E-state index contributed by atoms with van der Waals surface area (Å²) in [4.78, 5) is 11.0. The summed E-state index contributed by atoms with van der Waals surface area (Å²) in [5.41, 5.74) is 4.07. The molecule has 1 aliphatic carbocycles. The first kappa shape index (κ1) is 9.25. The van der Waals surface area contributed by atoms with Crippen LogP contribution in [0.1, 0.15) is 36.1 Å². The minimum absolute atomic E-state index is 0.0596. The molecule has 1 atom stereocenters. The van der Waals surface area contributed by atoms with Gasteiger partial charge in [-0.15, -0.1) is 0 Å². The average Bonchev–Trinajstić information content (AvgIpc) is 2.49. The van der Waals surface area contributed by atoms with Crippen molar-refractivity contribution in [2.45, 2.75) is 32.7 Å². The van der Waals surface area contributed by atoms with Gasteiger partial charge in [-0.25, -0.2) is 0 Å². The van der Waals surface area contributed by atoms with Crippen molar-refractivity contribution in [2.75, 3.05) is 0 Å². The minimum atomic E-state index is 0.0596. The Balaban J connectivity index is 2.30. The highest BCUT2D eigenvalue weighted by Gasteiger charge is 2.23. The summed E-state index contributed by atoms with van der Waals surface area (Å²) in [5, 5.41) is 2.99. The SMILES string of the molecule is CC(=O)NC1CCc2c(C)cccc21. The van der Waals surface area contributed by atoms with E-state index in [1.54, 1.807) is 6.92 Å². The van der Waals surface area contributed by atoms with Crippen molar-refractivity contribution in [1.82, 2.24) is 5.32 Å². The molecular formula is C12H15NO. The zero-order valence-corrected chi connectivity index (χ0v) is 8.63. The Hall–Kier alpha value is -1.31. The van der Waals surface area contributed by atoms with Gasteiger partial charge in [0.05, 0.1) is 6.04 Å². The summed E-state index contributed by atoms with van der Waals surface area (Å²) < 4.78 is 0. The van der Waals surface area contributed by atoms with Crippen LogP contribution in [0.25, 0.3) is 0 Å². The van der Waals surface area contributed by atoms with E-state index < -0.39 is 0 Å². The van der Waals surface area contributed by atoms with Crippen molar-refractivity contribution in [3.63, 3.8) is 0 Å². The summed E-state index contributed by atoms with van der Waals surface area (Å²) in [6.07, 6.45) is 2.13. The van der Waals surface area contributed by atoms with E-state index in [9.17, 15) is 4.79 Å². The highest BCUT2D eigenvalue weighted by molar-refractivity contribution is 5.73. The molecule has 0 aromatic heterocycles. The standard InChI is InChI=1S/C12H15NO/c1-8-4-3-5-11-10(8)6-7-12(11)13-9(2)14/h3-5,12H,6-7H2,1-2H3,(H,13,14).